The molecule has 200 valence electrons. The number of alkyl halides is 3. The summed E-state index contributed by atoms with van der Waals surface area (Å²) in [6.45, 7) is -0.0404. The largest absolute Gasteiger partial charge is 0.573 e. The molecule has 2 N–H and O–H groups in total. The minimum atomic E-state index is -4.86. The zero-order valence-electron chi connectivity index (χ0n) is 19.6. The number of hydrogen-bond donors (Lipinski definition) is 2. The van der Waals surface area contributed by atoms with Crippen LogP contribution in [0.1, 0.15) is 0 Å². The average Bonchev–Trinajstić information content (AvgIpc) is 3.17. The Hall–Kier alpha value is -2.96. The number of rotatable bonds is 5. The highest BCUT2D eigenvalue weighted by Crippen LogP contribution is 2.37. The minimum absolute atomic E-state index is 0.0404. The van der Waals surface area contributed by atoms with Crippen LogP contribution in [0.3, 0.4) is 0 Å². The number of aliphatic hydroxyl groups is 1. The van der Waals surface area contributed by atoms with E-state index < -0.39 is 34.2 Å². The summed E-state index contributed by atoms with van der Waals surface area (Å²) in [7, 11) is -2.05. The fourth-order valence-corrected chi connectivity index (χ4v) is 6.30. The molecule has 0 bridgehead atoms. The van der Waals surface area contributed by atoms with E-state index in [-0.39, 0.29) is 11.5 Å². The molecular weight excluding hydrogens is 566 g/mol. The number of ether oxygens (including phenoxy) is 2. The molecule has 1 aromatic heterocycles. The highest BCUT2D eigenvalue weighted by Gasteiger charge is 2.34. The smallest absolute Gasteiger partial charge is 0.497 e. The second-order valence-corrected chi connectivity index (χ2v) is 11.4. The Labute approximate surface area is 225 Å². The molecule has 3 aromatic carbocycles. The Morgan fingerprint density at radius 2 is 1.63 bits per heavy atom. The molecule has 38 heavy (non-hydrogen) atoms. The lowest BCUT2D eigenvalue weighted by atomic mass is 10.1. The van der Waals surface area contributed by atoms with Crippen molar-refractivity contribution in [3.8, 4) is 5.75 Å². The first-order chi connectivity index (χ1) is 18.0. The van der Waals surface area contributed by atoms with Gasteiger partial charge in [0, 0.05) is 27.9 Å². The van der Waals surface area contributed by atoms with Crippen molar-refractivity contribution in [3.63, 3.8) is 0 Å². The molecule has 4 aromatic rings. The molecule has 0 fully saturated rings. The van der Waals surface area contributed by atoms with Gasteiger partial charge in [-0.15, -0.1) is 13.2 Å². The van der Waals surface area contributed by atoms with Crippen molar-refractivity contribution < 1.29 is 32.0 Å². The van der Waals surface area contributed by atoms with E-state index in [1.165, 1.54) is 25.4 Å². The first-order valence-electron chi connectivity index (χ1n) is 11.2. The third kappa shape index (κ3) is 5.04. The Morgan fingerprint density at radius 1 is 1.05 bits per heavy atom. The molecule has 0 saturated heterocycles. The van der Waals surface area contributed by atoms with Crippen LogP contribution < -0.4 is 9.46 Å². The summed E-state index contributed by atoms with van der Waals surface area (Å²) in [5, 5.41) is 14.1. The summed E-state index contributed by atoms with van der Waals surface area (Å²) < 4.78 is 69.4. The summed E-state index contributed by atoms with van der Waals surface area (Å²) in [4.78, 5) is 0.110. The summed E-state index contributed by atoms with van der Waals surface area (Å²) in [5.74, 6) is -0.461. The lowest BCUT2D eigenvalue weighted by molar-refractivity contribution is -0.274. The summed E-state index contributed by atoms with van der Waals surface area (Å²) in [6.07, 6.45) is -4.63. The van der Waals surface area contributed by atoms with E-state index >= 15 is 0 Å². The number of nitrogens with zero attached hydrogens (tertiary/aromatic N) is 2. The van der Waals surface area contributed by atoms with Gasteiger partial charge in [0.2, 0.25) is 0 Å². The van der Waals surface area contributed by atoms with E-state index in [0.29, 0.717) is 15.7 Å². The number of halogens is 5. The van der Waals surface area contributed by atoms with Crippen LogP contribution in [0.15, 0.2) is 76.2 Å². The maximum absolute atomic E-state index is 13.7. The van der Waals surface area contributed by atoms with Crippen molar-refractivity contribution in [3.05, 3.63) is 77.0 Å². The Morgan fingerprint density at radius 3 is 2.16 bits per heavy atom. The van der Waals surface area contributed by atoms with Gasteiger partial charge in [0.15, 0.2) is 0 Å². The lowest BCUT2D eigenvalue weighted by Gasteiger charge is -2.31. The quantitative estimate of drug-likeness (QED) is 0.291. The SMILES string of the molecule is CN=S(=O)(N[C@H]1COC=C(n2c3ccc(Cl)cc3c3cc(Cl)ccc32)[C@@H]1O)c1ccc(OC(F)(F)F)cc1. The van der Waals surface area contributed by atoms with Gasteiger partial charge in [0.05, 0.1) is 27.7 Å². The van der Waals surface area contributed by atoms with Gasteiger partial charge in [0.1, 0.15) is 34.6 Å². The Balaban J connectivity index is 1.49. The highest BCUT2D eigenvalue weighted by atomic mass is 35.5. The molecule has 2 heterocycles. The normalized spacial score (nSPS) is 19.6. The molecule has 0 aliphatic carbocycles. The number of fused-ring (bicyclic) bond motifs is 3. The molecule has 1 aliphatic heterocycles. The van der Waals surface area contributed by atoms with Crippen molar-refractivity contribution in [1.29, 1.82) is 0 Å². The van der Waals surface area contributed by atoms with Crippen LogP contribution in [0.5, 0.6) is 5.75 Å². The van der Waals surface area contributed by atoms with Crippen LogP contribution in [-0.2, 0) is 14.7 Å². The summed E-state index contributed by atoms with van der Waals surface area (Å²) in [5.41, 5.74) is 1.84. The molecule has 13 heteroatoms. The van der Waals surface area contributed by atoms with Crippen LogP contribution in [0.2, 0.25) is 10.0 Å². The summed E-state index contributed by atoms with van der Waals surface area (Å²) >= 11 is 12.5. The first kappa shape index (κ1) is 26.6. The van der Waals surface area contributed by atoms with Crippen molar-refractivity contribution >= 4 is 60.6 Å². The monoisotopic (exact) mass is 585 g/mol. The van der Waals surface area contributed by atoms with Crippen LogP contribution in [0, 0.1) is 0 Å². The number of benzene rings is 3. The second-order valence-electron chi connectivity index (χ2n) is 8.43. The van der Waals surface area contributed by atoms with E-state index in [4.69, 9.17) is 27.9 Å². The average molecular weight is 586 g/mol. The van der Waals surface area contributed by atoms with E-state index in [1.807, 2.05) is 16.7 Å². The fourth-order valence-electron chi connectivity index (χ4n) is 4.39. The van der Waals surface area contributed by atoms with Crippen molar-refractivity contribution in [2.75, 3.05) is 13.7 Å². The highest BCUT2D eigenvalue weighted by molar-refractivity contribution is 7.91. The van der Waals surface area contributed by atoms with Crippen LogP contribution >= 0.6 is 23.2 Å². The summed E-state index contributed by atoms with van der Waals surface area (Å²) in [6, 6.07) is 14.3. The van der Waals surface area contributed by atoms with Crippen LogP contribution in [0.4, 0.5) is 13.2 Å². The predicted molar refractivity (Wildman–Crippen MR) is 141 cm³/mol. The van der Waals surface area contributed by atoms with Gasteiger partial charge in [-0.1, -0.05) is 23.2 Å². The molecule has 1 aliphatic rings. The predicted octanol–water partition coefficient (Wildman–Crippen LogP) is 6.22. The van der Waals surface area contributed by atoms with Crippen LogP contribution in [0.25, 0.3) is 27.5 Å². The Bertz CT molecular complexity index is 1620. The van der Waals surface area contributed by atoms with Crippen molar-refractivity contribution in [1.82, 2.24) is 9.29 Å². The maximum Gasteiger partial charge on any atom is 0.573 e. The number of aliphatic hydroxyl groups excluding tert-OH is 1. The van der Waals surface area contributed by atoms with E-state index in [9.17, 15) is 22.5 Å². The maximum atomic E-state index is 13.7. The molecular formula is C25H20Cl2F3N3O4S. The first-order valence-corrected chi connectivity index (χ1v) is 13.4. The third-order valence-electron chi connectivity index (χ3n) is 6.06. The van der Waals surface area contributed by atoms with Crippen LogP contribution in [-0.4, -0.2) is 46.0 Å². The molecule has 0 amide bonds. The molecule has 7 nitrogen and oxygen atoms in total. The molecule has 5 rings (SSSR count). The Kier molecular flexibility index (Phi) is 6.99. The number of hydrogen-bond acceptors (Lipinski definition) is 5. The van der Waals surface area contributed by atoms with Crippen molar-refractivity contribution in [2.45, 2.75) is 23.4 Å². The van der Waals surface area contributed by atoms with E-state index in [1.54, 1.807) is 24.3 Å². The topological polar surface area (TPSA) is 85.1 Å². The molecule has 1 unspecified atom stereocenters. The van der Waals surface area contributed by atoms with Gasteiger partial charge in [-0.25, -0.2) is 13.3 Å². The van der Waals surface area contributed by atoms with Gasteiger partial charge in [-0.2, -0.15) is 0 Å². The standard InChI is InChI=1S/C25H20Cl2F3N3O4S/c1-31-38(35,17-6-4-16(5-7-17)37-25(28,29)30)32-20-12-36-13-23(24(20)34)33-21-8-2-14(26)10-18(21)19-11-15(27)3-9-22(19)33/h2-11,13,20,24,34H,12H2,1H3,(H,31,32,35)/t20-,24+,38?/m0/s1. The fraction of sp³-hybridized carbons (Fsp3) is 0.200. The zero-order valence-corrected chi connectivity index (χ0v) is 21.9. The number of nitrogens with one attached hydrogen (secondary N) is 1. The zero-order chi connectivity index (χ0) is 27.2. The van der Waals surface area contributed by atoms with Gasteiger partial charge >= 0.3 is 6.36 Å². The van der Waals surface area contributed by atoms with Gasteiger partial charge in [-0.3, -0.25) is 0 Å². The van der Waals surface area contributed by atoms with Gasteiger partial charge < -0.3 is 19.1 Å². The lowest BCUT2D eigenvalue weighted by Crippen LogP contribution is -2.48. The minimum Gasteiger partial charge on any atom is -0.497 e. The third-order valence-corrected chi connectivity index (χ3v) is 8.57. The molecule has 0 radical (unpaired) electrons. The van der Waals surface area contributed by atoms with E-state index in [2.05, 4.69) is 13.8 Å². The second kappa shape index (κ2) is 9.97. The molecule has 0 spiro atoms. The van der Waals surface area contributed by atoms with Gasteiger partial charge in [0.25, 0.3) is 0 Å². The van der Waals surface area contributed by atoms with Crippen molar-refractivity contribution in [2.24, 2.45) is 4.36 Å². The van der Waals surface area contributed by atoms with E-state index in [0.717, 1.165) is 33.9 Å². The molecule has 3 atom stereocenters. The van der Waals surface area contributed by atoms with Gasteiger partial charge in [-0.05, 0) is 60.7 Å². The molecule has 0 saturated carbocycles. The number of aromatic nitrogens is 1.